The maximum Gasteiger partial charge on any atom is 0.0544 e. The topological polar surface area (TPSA) is 4.93 Å². The molecule has 0 aliphatic rings. The van der Waals surface area contributed by atoms with E-state index in [1.165, 1.54) is 71.9 Å². The minimum Gasteiger partial charge on any atom is -0.309 e. The van der Waals surface area contributed by atoms with E-state index < -0.39 is 0 Å². The minimum atomic E-state index is 0.0955. The molecule has 1 heteroatoms. The third-order valence-electron chi connectivity index (χ3n) is 9.97. The second kappa shape index (κ2) is 12.9. The number of benzene rings is 8. The average molecular weight is 638 g/mol. The third kappa shape index (κ3) is 5.49. The average Bonchev–Trinajstić information content (AvgIpc) is 3.53. The molecule has 1 heterocycles. The van der Waals surface area contributed by atoms with E-state index in [-0.39, 0.29) is 5.92 Å². The summed E-state index contributed by atoms with van der Waals surface area (Å²) in [5, 5.41) is 2.52. The maximum absolute atomic E-state index is 2.43. The van der Waals surface area contributed by atoms with Crippen LogP contribution in [0.1, 0.15) is 22.6 Å². The van der Waals surface area contributed by atoms with Gasteiger partial charge >= 0.3 is 0 Å². The predicted octanol–water partition coefficient (Wildman–Crippen LogP) is 13.0. The van der Waals surface area contributed by atoms with Gasteiger partial charge in [0.25, 0.3) is 0 Å². The highest BCUT2D eigenvalue weighted by molar-refractivity contribution is 6.09. The molecule has 1 atom stereocenters. The SMILES string of the molecule is c1ccc(-c2ccc(-c3ccc(-n4c5ccccc5c5ccc(C(c6ccccc6)c6ccc(-c7ccccc7)cc6)cc54)cc3)cc2)cc1. The summed E-state index contributed by atoms with van der Waals surface area (Å²) < 4.78 is 2.43. The van der Waals surface area contributed by atoms with Gasteiger partial charge in [-0.3, -0.25) is 0 Å². The lowest BCUT2D eigenvalue weighted by atomic mass is 9.84. The molecule has 0 saturated carbocycles. The van der Waals surface area contributed by atoms with E-state index in [2.05, 4.69) is 211 Å². The lowest BCUT2D eigenvalue weighted by Gasteiger charge is -2.20. The Morgan fingerprint density at radius 1 is 0.280 bits per heavy atom. The summed E-state index contributed by atoms with van der Waals surface area (Å²) in [5.74, 6) is 0.0955. The van der Waals surface area contributed by atoms with Gasteiger partial charge < -0.3 is 4.57 Å². The van der Waals surface area contributed by atoms with E-state index in [1.54, 1.807) is 0 Å². The molecule has 9 aromatic rings. The monoisotopic (exact) mass is 637 g/mol. The zero-order valence-electron chi connectivity index (χ0n) is 27.7. The van der Waals surface area contributed by atoms with Gasteiger partial charge in [-0.1, -0.05) is 182 Å². The van der Waals surface area contributed by atoms with Gasteiger partial charge in [-0.25, -0.2) is 0 Å². The summed E-state index contributed by atoms with van der Waals surface area (Å²) in [6, 6.07) is 74.9. The molecule has 1 nitrogen and oxygen atoms in total. The van der Waals surface area contributed by atoms with Gasteiger partial charge in [-0.05, 0) is 74.3 Å². The molecule has 0 bridgehead atoms. The van der Waals surface area contributed by atoms with Crippen LogP contribution in [0.3, 0.4) is 0 Å². The molecule has 0 spiro atoms. The molecule has 0 amide bonds. The van der Waals surface area contributed by atoms with Gasteiger partial charge in [0, 0.05) is 22.4 Å². The molecule has 9 rings (SSSR count). The molecule has 0 aliphatic carbocycles. The van der Waals surface area contributed by atoms with Gasteiger partial charge in [-0.2, -0.15) is 0 Å². The van der Waals surface area contributed by atoms with Crippen molar-refractivity contribution >= 4 is 21.8 Å². The van der Waals surface area contributed by atoms with E-state index in [0.29, 0.717) is 0 Å². The standard InChI is InChI=1S/C49H35N/c1-4-12-35(13-5-1)37-20-22-39(23-21-37)40-28-31-44(32-29-40)50-47-19-11-10-18-45(47)46-33-30-43(34-48(46)50)49(41-16-8-3-9-17-41)42-26-24-38(25-27-42)36-14-6-2-7-15-36/h1-34,49H. The van der Waals surface area contributed by atoms with Gasteiger partial charge in [0.2, 0.25) is 0 Å². The van der Waals surface area contributed by atoms with E-state index in [1.807, 2.05) is 0 Å². The van der Waals surface area contributed by atoms with Gasteiger partial charge in [0.1, 0.15) is 0 Å². The van der Waals surface area contributed by atoms with E-state index >= 15 is 0 Å². The fraction of sp³-hybridized carbons (Fsp3) is 0.0204. The molecule has 1 unspecified atom stereocenters. The molecular weight excluding hydrogens is 603 g/mol. The molecule has 236 valence electrons. The van der Waals surface area contributed by atoms with Crippen molar-refractivity contribution in [3.63, 3.8) is 0 Å². The van der Waals surface area contributed by atoms with Crippen molar-refractivity contribution in [2.45, 2.75) is 5.92 Å². The molecule has 1 aromatic heterocycles. The molecular formula is C49H35N. The van der Waals surface area contributed by atoms with Crippen LogP contribution in [0.4, 0.5) is 0 Å². The molecule has 0 fully saturated rings. The summed E-state index contributed by atoms with van der Waals surface area (Å²) in [6.45, 7) is 0. The second-order valence-electron chi connectivity index (χ2n) is 13.0. The van der Waals surface area contributed by atoms with Crippen LogP contribution in [0, 0.1) is 0 Å². The second-order valence-corrected chi connectivity index (χ2v) is 13.0. The maximum atomic E-state index is 2.43. The first-order chi connectivity index (χ1) is 24.8. The number of aromatic nitrogens is 1. The highest BCUT2D eigenvalue weighted by Crippen LogP contribution is 2.38. The largest absolute Gasteiger partial charge is 0.309 e. The first-order valence-corrected chi connectivity index (χ1v) is 17.3. The van der Waals surface area contributed by atoms with Crippen LogP contribution in [0.15, 0.2) is 206 Å². The molecule has 8 aromatic carbocycles. The number of hydrogen-bond acceptors (Lipinski definition) is 0. The van der Waals surface area contributed by atoms with Crippen molar-refractivity contribution in [1.29, 1.82) is 0 Å². The summed E-state index contributed by atoms with van der Waals surface area (Å²) in [7, 11) is 0. The Bertz CT molecular complexity index is 2530. The molecule has 50 heavy (non-hydrogen) atoms. The Morgan fingerprint density at radius 3 is 1.26 bits per heavy atom. The molecule has 0 radical (unpaired) electrons. The normalized spacial score (nSPS) is 11.9. The zero-order chi connectivity index (χ0) is 33.3. The third-order valence-corrected chi connectivity index (χ3v) is 9.97. The quantitative estimate of drug-likeness (QED) is 0.153. The lowest BCUT2D eigenvalue weighted by Crippen LogP contribution is -2.04. The van der Waals surface area contributed by atoms with E-state index in [9.17, 15) is 0 Å². The summed E-state index contributed by atoms with van der Waals surface area (Å²) in [5.41, 5.74) is 14.8. The number of fused-ring (bicyclic) bond motifs is 3. The molecule has 0 N–H and O–H groups in total. The van der Waals surface area contributed by atoms with Gasteiger partial charge in [-0.15, -0.1) is 0 Å². The molecule has 0 aliphatic heterocycles. The number of nitrogens with zero attached hydrogens (tertiary/aromatic N) is 1. The summed E-state index contributed by atoms with van der Waals surface area (Å²) in [4.78, 5) is 0. The highest BCUT2D eigenvalue weighted by Gasteiger charge is 2.20. The Balaban J connectivity index is 1.13. The minimum absolute atomic E-state index is 0.0955. The van der Waals surface area contributed by atoms with Crippen molar-refractivity contribution < 1.29 is 0 Å². The Morgan fingerprint density at radius 2 is 0.680 bits per heavy atom. The number of para-hydroxylation sites is 1. The fourth-order valence-electron chi connectivity index (χ4n) is 7.46. The van der Waals surface area contributed by atoms with Crippen LogP contribution in [-0.4, -0.2) is 4.57 Å². The first-order valence-electron chi connectivity index (χ1n) is 17.3. The lowest BCUT2D eigenvalue weighted by molar-refractivity contribution is 0.978. The van der Waals surface area contributed by atoms with Crippen molar-refractivity contribution in [2.24, 2.45) is 0 Å². The Kier molecular flexibility index (Phi) is 7.64. The number of hydrogen-bond donors (Lipinski definition) is 0. The predicted molar refractivity (Wildman–Crippen MR) is 211 cm³/mol. The van der Waals surface area contributed by atoms with Crippen LogP contribution >= 0.6 is 0 Å². The van der Waals surface area contributed by atoms with Gasteiger partial charge in [0.15, 0.2) is 0 Å². The van der Waals surface area contributed by atoms with Gasteiger partial charge in [0.05, 0.1) is 11.0 Å². The van der Waals surface area contributed by atoms with Crippen LogP contribution in [0.5, 0.6) is 0 Å². The van der Waals surface area contributed by atoms with Crippen molar-refractivity contribution in [3.8, 4) is 39.1 Å². The van der Waals surface area contributed by atoms with E-state index in [0.717, 1.165) is 5.69 Å². The smallest absolute Gasteiger partial charge is 0.0544 e. The van der Waals surface area contributed by atoms with Crippen LogP contribution in [0.25, 0.3) is 60.9 Å². The summed E-state index contributed by atoms with van der Waals surface area (Å²) in [6.07, 6.45) is 0. The van der Waals surface area contributed by atoms with Crippen LogP contribution < -0.4 is 0 Å². The van der Waals surface area contributed by atoms with Crippen molar-refractivity contribution in [2.75, 3.05) is 0 Å². The highest BCUT2D eigenvalue weighted by atomic mass is 15.0. The van der Waals surface area contributed by atoms with Crippen LogP contribution in [-0.2, 0) is 0 Å². The van der Waals surface area contributed by atoms with E-state index in [4.69, 9.17) is 0 Å². The summed E-state index contributed by atoms with van der Waals surface area (Å²) >= 11 is 0. The number of rotatable bonds is 7. The fourth-order valence-corrected chi connectivity index (χ4v) is 7.46. The van der Waals surface area contributed by atoms with Crippen molar-refractivity contribution in [1.82, 2.24) is 4.57 Å². The molecule has 0 saturated heterocycles. The Labute approximate surface area is 293 Å². The van der Waals surface area contributed by atoms with Crippen molar-refractivity contribution in [3.05, 3.63) is 223 Å². The zero-order valence-corrected chi connectivity index (χ0v) is 27.7. The first kappa shape index (κ1) is 29.7. The van der Waals surface area contributed by atoms with Crippen LogP contribution in [0.2, 0.25) is 0 Å². The Hall–Kier alpha value is -6.44.